The Morgan fingerprint density at radius 3 is 2.14 bits per heavy atom. The summed E-state index contributed by atoms with van der Waals surface area (Å²) in [5.74, 6) is -8.20. The van der Waals surface area contributed by atoms with Gasteiger partial charge in [-0.1, -0.05) is 19.1 Å². The Morgan fingerprint density at radius 2 is 1.56 bits per heavy atom. The summed E-state index contributed by atoms with van der Waals surface area (Å²) < 4.78 is 42.7. The van der Waals surface area contributed by atoms with Gasteiger partial charge in [-0.2, -0.15) is 0 Å². The molecular formula is C40H51NO16. The molecule has 2 aliphatic heterocycles. The summed E-state index contributed by atoms with van der Waals surface area (Å²) in [6.07, 6.45) is -7.86. The highest BCUT2D eigenvalue weighted by molar-refractivity contribution is 5.91. The van der Waals surface area contributed by atoms with E-state index in [0.717, 1.165) is 20.8 Å². The summed E-state index contributed by atoms with van der Waals surface area (Å²) >= 11 is 0. The van der Waals surface area contributed by atoms with Crippen LogP contribution in [-0.4, -0.2) is 123 Å². The van der Waals surface area contributed by atoms with Gasteiger partial charge in [0.2, 0.25) is 0 Å². The molecule has 1 spiro atoms. The number of pyridine rings is 1. The molecule has 2 saturated carbocycles. The lowest BCUT2D eigenvalue weighted by Crippen LogP contribution is -2.88. The molecule has 0 radical (unpaired) electrons. The number of rotatable bonds is 7. The van der Waals surface area contributed by atoms with Crippen LogP contribution in [0.5, 0.6) is 0 Å². The van der Waals surface area contributed by atoms with Crippen LogP contribution in [-0.2, 0) is 63.6 Å². The number of ether oxygens (including phenoxy) is 7. The second-order valence-corrected chi connectivity index (χ2v) is 15.6. The number of esters is 6. The van der Waals surface area contributed by atoms with Crippen LogP contribution < -0.4 is 0 Å². The number of carbonyl (C=O) groups excluding carboxylic acids is 6. The van der Waals surface area contributed by atoms with Crippen LogP contribution in [0.3, 0.4) is 0 Å². The second kappa shape index (κ2) is 15.9. The summed E-state index contributed by atoms with van der Waals surface area (Å²) in [5.41, 5.74) is -9.71. The lowest BCUT2D eigenvalue weighted by atomic mass is 9.45. The smallest absolute Gasteiger partial charge is 0.340 e. The van der Waals surface area contributed by atoms with Crippen LogP contribution >= 0.6 is 0 Å². The third-order valence-corrected chi connectivity index (χ3v) is 12.0. The van der Waals surface area contributed by atoms with Gasteiger partial charge in [-0.05, 0) is 66.5 Å². The number of aryl methyl sites for hydroxylation is 1. The summed E-state index contributed by atoms with van der Waals surface area (Å²) in [7, 11) is 0. The van der Waals surface area contributed by atoms with Crippen molar-refractivity contribution in [3.05, 3.63) is 52.9 Å². The summed E-state index contributed by atoms with van der Waals surface area (Å²) in [6.45, 7) is 10.3. The van der Waals surface area contributed by atoms with Crippen molar-refractivity contribution in [3.63, 3.8) is 0 Å². The molecule has 17 heteroatoms. The number of aliphatic hydroxyl groups is 3. The molecule has 5 rings (SSSR count). The van der Waals surface area contributed by atoms with Crippen LogP contribution in [0.2, 0.25) is 0 Å². The van der Waals surface area contributed by atoms with Crippen LogP contribution in [0.4, 0.5) is 0 Å². The minimum atomic E-state index is -2.78. The van der Waals surface area contributed by atoms with Gasteiger partial charge in [0.15, 0.2) is 17.8 Å². The fourth-order valence-electron chi connectivity index (χ4n) is 8.84. The second-order valence-electron chi connectivity index (χ2n) is 15.6. The zero-order valence-corrected chi connectivity index (χ0v) is 33.4. The molecule has 4 aliphatic rings. The van der Waals surface area contributed by atoms with Crippen molar-refractivity contribution >= 4 is 35.8 Å². The van der Waals surface area contributed by atoms with Gasteiger partial charge < -0.3 is 48.5 Å². The first-order valence-electron chi connectivity index (χ1n) is 18.7. The minimum Gasteiger partial charge on any atom is -0.465 e. The number of fused-ring (bicyclic) bond motifs is 5. The predicted molar refractivity (Wildman–Crippen MR) is 193 cm³/mol. The van der Waals surface area contributed by atoms with Gasteiger partial charge in [0.1, 0.15) is 48.1 Å². The Labute approximate surface area is 329 Å². The zero-order chi connectivity index (χ0) is 42.4. The van der Waals surface area contributed by atoms with E-state index in [4.69, 9.17) is 33.2 Å². The van der Waals surface area contributed by atoms with Crippen molar-refractivity contribution in [1.29, 1.82) is 0 Å². The number of nitrogens with zero attached hydrogens (tertiary/aromatic N) is 1. The monoisotopic (exact) mass is 801 g/mol. The molecule has 2 aliphatic carbocycles. The largest absolute Gasteiger partial charge is 0.465 e. The highest BCUT2D eigenvalue weighted by Gasteiger charge is 2.90. The molecule has 17 nitrogen and oxygen atoms in total. The minimum absolute atomic E-state index is 0.0376. The molecule has 4 bridgehead atoms. The fourth-order valence-corrected chi connectivity index (χ4v) is 8.84. The van der Waals surface area contributed by atoms with Crippen molar-refractivity contribution in [2.24, 2.45) is 17.3 Å². The van der Waals surface area contributed by atoms with Gasteiger partial charge >= 0.3 is 35.8 Å². The van der Waals surface area contributed by atoms with E-state index in [1.54, 1.807) is 13.8 Å². The molecular weight excluding hydrogens is 750 g/mol. The number of cyclic esters (lactones) is 1. The van der Waals surface area contributed by atoms with Crippen molar-refractivity contribution in [3.8, 4) is 0 Å². The van der Waals surface area contributed by atoms with Crippen LogP contribution in [0.15, 0.2) is 41.6 Å². The summed E-state index contributed by atoms with van der Waals surface area (Å²) in [4.78, 5) is 85.7. The zero-order valence-electron chi connectivity index (χ0n) is 33.4. The number of aromatic nitrogens is 1. The highest BCUT2D eigenvalue weighted by Crippen LogP contribution is 2.69. The number of carbonyl (C=O) groups is 6. The Bertz CT molecular complexity index is 1870. The van der Waals surface area contributed by atoms with E-state index in [-0.39, 0.29) is 35.2 Å². The van der Waals surface area contributed by atoms with E-state index in [9.17, 15) is 44.1 Å². The Balaban J connectivity index is 1.94. The lowest BCUT2D eigenvalue weighted by molar-refractivity contribution is -0.386. The molecule has 0 amide bonds. The van der Waals surface area contributed by atoms with Gasteiger partial charge in [-0.15, -0.1) is 0 Å². The van der Waals surface area contributed by atoms with Crippen LogP contribution in [0.25, 0.3) is 0 Å². The van der Waals surface area contributed by atoms with Gasteiger partial charge in [-0.25, -0.2) is 14.4 Å². The van der Waals surface area contributed by atoms with Gasteiger partial charge in [0.05, 0.1) is 29.2 Å². The third-order valence-electron chi connectivity index (χ3n) is 12.0. The standard InChI is InChI=1S/C40H51NO16/c1-10-19(3)33(46)54-30-26-28(53-23(7)43)32(56-34(47)20(4)11-2)39(18-51-22(6)42)29(45)27(44)31-38(9,50)40(30,39)57-37(26,8)17-52-36(49)24-13-12-16-41-25(24)15-14-21(5)35(48)55-31/h10-13,16,21,26-32,44-45,50H,14-15,17-18H2,1-9H3/b19-10+,20-11+/t21-,26+,27+,28+,29-,30+,31-,32+,37-,38-,39-,40-/m0/s1. The van der Waals surface area contributed by atoms with E-state index in [1.807, 2.05) is 0 Å². The van der Waals surface area contributed by atoms with Crippen LogP contribution in [0.1, 0.15) is 84.8 Å². The van der Waals surface area contributed by atoms with Gasteiger partial charge in [0, 0.05) is 31.2 Å². The van der Waals surface area contributed by atoms with Gasteiger partial charge in [-0.3, -0.25) is 19.4 Å². The molecule has 312 valence electrons. The SMILES string of the molecule is C/C=C(\C)C(=O)O[C@@H]1[C@H](OC(C)=O)[C@@H]2[C@@H](OC(=O)/C(C)=C/C)[C@@]34O[C@@]2(C)COC(=O)c2cccnc2CC[C@H](C)C(=O)O[C@@H]([C@H](O)[C@H](O)[C@@]13COC(C)=O)[C@]4(C)O. The number of hydrogen-bond donors (Lipinski definition) is 3. The molecule has 3 heterocycles. The molecule has 1 aromatic rings. The van der Waals surface area contributed by atoms with E-state index < -0.39 is 120 Å². The molecule has 0 aromatic carbocycles. The van der Waals surface area contributed by atoms with Crippen molar-refractivity contribution < 1.29 is 77.2 Å². The number of allylic oxidation sites excluding steroid dienone is 2. The average molecular weight is 802 g/mol. The lowest BCUT2D eigenvalue weighted by Gasteiger charge is -2.67. The predicted octanol–water partition coefficient (Wildman–Crippen LogP) is 1.61. The average Bonchev–Trinajstić information content (AvgIpc) is 3.39. The van der Waals surface area contributed by atoms with Crippen molar-refractivity contribution in [2.45, 2.75) is 129 Å². The fraction of sp³-hybridized carbons (Fsp3) is 0.625. The Kier molecular flexibility index (Phi) is 12.1. The summed E-state index contributed by atoms with van der Waals surface area (Å²) in [6, 6.07) is 2.99. The van der Waals surface area contributed by atoms with E-state index in [2.05, 4.69) is 4.98 Å². The maximum atomic E-state index is 13.9. The molecule has 57 heavy (non-hydrogen) atoms. The molecule has 1 aromatic heterocycles. The Hall–Kier alpha value is -4.71. The van der Waals surface area contributed by atoms with E-state index in [0.29, 0.717) is 0 Å². The third kappa shape index (κ3) is 7.01. The maximum absolute atomic E-state index is 13.9. The first-order chi connectivity index (χ1) is 26.6. The molecule has 0 unspecified atom stereocenters. The topological polar surface area (TPSA) is 241 Å². The summed E-state index contributed by atoms with van der Waals surface area (Å²) in [5, 5.41) is 38.0. The number of hydrogen-bond acceptors (Lipinski definition) is 17. The normalized spacial score (nSPS) is 38.0. The Morgan fingerprint density at radius 1 is 0.947 bits per heavy atom. The van der Waals surface area contributed by atoms with Crippen molar-refractivity contribution in [2.75, 3.05) is 13.2 Å². The first kappa shape index (κ1) is 43.4. The first-order valence-corrected chi connectivity index (χ1v) is 18.7. The maximum Gasteiger partial charge on any atom is 0.340 e. The van der Waals surface area contributed by atoms with E-state index >= 15 is 0 Å². The molecule has 12 atom stereocenters. The van der Waals surface area contributed by atoms with E-state index in [1.165, 1.54) is 58.2 Å². The molecule has 3 N–H and O–H groups in total. The molecule has 1 saturated heterocycles. The quantitative estimate of drug-likeness (QED) is 0.202. The van der Waals surface area contributed by atoms with Crippen LogP contribution in [0, 0.1) is 17.3 Å². The highest BCUT2D eigenvalue weighted by atomic mass is 16.7. The van der Waals surface area contributed by atoms with Crippen molar-refractivity contribution in [1.82, 2.24) is 4.98 Å². The molecule has 3 fully saturated rings. The number of aliphatic hydroxyl groups excluding tert-OH is 2. The van der Waals surface area contributed by atoms with Gasteiger partial charge in [0.25, 0.3) is 0 Å².